The molecule has 4 nitrogen and oxygen atoms in total. The van der Waals surface area contributed by atoms with Crippen LogP contribution in [0.15, 0.2) is 6.20 Å². The maximum absolute atomic E-state index is 5.79. The number of nitrogens with zero attached hydrogens (tertiary/aromatic N) is 3. The van der Waals surface area contributed by atoms with E-state index in [1.54, 1.807) is 0 Å². The van der Waals surface area contributed by atoms with Crippen molar-refractivity contribution >= 4 is 17.5 Å². The first-order valence-electron chi connectivity index (χ1n) is 4.14. The van der Waals surface area contributed by atoms with Crippen LogP contribution < -0.4 is 10.6 Å². The Morgan fingerprint density at radius 2 is 2.25 bits per heavy atom. The zero-order valence-corrected chi connectivity index (χ0v) is 7.63. The van der Waals surface area contributed by atoms with Crippen LogP contribution in [-0.4, -0.2) is 27.9 Å². The first-order valence-corrected chi connectivity index (χ1v) is 4.87. The Bertz CT molecular complexity index is 228. The minimum atomic E-state index is 0.382. The van der Waals surface area contributed by atoms with Gasteiger partial charge in [0, 0.05) is 19.1 Å². The van der Waals surface area contributed by atoms with E-state index in [0.717, 1.165) is 31.7 Å². The fourth-order valence-corrected chi connectivity index (χ4v) is 1.86. The van der Waals surface area contributed by atoms with Gasteiger partial charge in [0.15, 0.2) is 5.82 Å². The lowest BCUT2D eigenvalue weighted by Gasteiger charge is -2.29. The molecule has 0 atom stereocenters. The van der Waals surface area contributed by atoms with Crippen molar-refractivity contribution in [2.24, 2.45) is 5.73 Å². The summed E-state index contributed by atoms with van der Waals surface area (Å²) in [6.07, 6.45) is 3.95. The SMILES string of the molecule is NC1CCN(c2cnsn2)CC1. The van der Waals surface area contributed by atoms with Crippen LogP contribution in [0.1, 0.15) is 12.8 Å². The second-order valence-electron chi connectivity index (χ2n) is 3.09. The van der Waals surface area contributed by atoms with Crippen LogP contribution in [0.2, 0.25) is 0 Å². The van der Waals surface area contributed by atoms with Gasteiger partial charge in [-0.25, -0.2) is 0 Å². The van der Waals surface area contributed by atoms with E-state index in [4.69, 9.17) is 5.73 Å². The van der Waals surface area contributed by atoms with Crippen molar-refractivity contribution in [2.75, 3.05) is 18.0 Å². The third-order valence-corrected chi connectivity index (χ3v) is 2.68. The van der Waals surface area contributed by atoms with Crippen LogP contribution in [0.4, 0.5) is 5.82 Å². The molecule has 2 rings (SSSR count). The molecular weight excluding hydrogens is 172 g/mol. The smallest absolute Gasteiger partial charge is 0.162 e. The van der Waals surface area contributed by atoms with Crippen molar-refractivity contribution < 1.29 is 0 Å². The summed E-state index contributed by atoms with van der Waals surface area (Å²) in [6.45, 7) is 2.04. The highest BCUT2D eigenvalue weighted by Crippen LogP contribution is 2.16. The van der Waals surface area contributed by atoms with Gasteiger partial charge in [0.2, 0.25) is 0 Å². The summed E-state index contributed by atoms with van der Waals surface area (Å²) in [4.78, 5) is 2.24. The van der Waals surface area contributed by atoms with Crippen LogP contribution in [0.5, 0.6) is 0 Å². The van der Waals surface area contributed by atoms with Gasteiger partial charge in [0.05, 0.1) is 17.9 Å². The Morgan fingerprint density at radius 1 is 1.50 bits per heavy atom. The highest BCUT2D eigenvalue weighted by atomic mass is 32.1. The zero-order valence-electron chi connectivity index (χ0n) is 6.81. The lowest BCUT2D eigenvalue weighted by molar-refractivity contribution is 0.499. The van der Waals surface area contributed by atoms with Crippen molar-refractivity contribution in [2.45, 2.75) is 18.9 Å². The average Bonchev–Trinajstić information content (AvgIpc) is 2.58. The molecule has 0 radical (unpaired) electrons. The monoisotopic (exact) mass is 184 g/mol. The summed E-state index contributed by atoms with van der Waals surface area (Å²) in [6, 6.07) is 0.382. The second-order valence-corrected chi connectivity index (χ2v) is 3.65. The van der Waals surface area contributed by atoms with E-state index in [1.807, 2.05) is 6.20 Å². The second kappa shape index (κ2) is 3.37. The van der Waals surface area contributed by atoms with Crippen molar-refractivity contribution in [3.63, 3.8) is 0 Å². The molecule has 1 aliphatic heterocycles. The topological polar surface area (TPSA) is 55.0 Å². The quantitative estimate of drug-likeness (QED) is 0.689. The summed E-state index contributed by atoms with van der Waals surface area (Å²) < 4.78 is 8.15. The first kappa shape index (κ1) is 7.94. The van der Waals surface area contributed by atoms with Gasteiger partial charge in [-0.2, -0.15) is 8.75 Å². The molecule has 0 amide bonds. The molecule has 0 unspecified atom stereocenters. The lowest BCUT2D eigenvalue weighted by Crippen LogP contribution is -2.39. The highest BCUT2D eigenvalue weighted by Gasteiger charge is 2.17. The minimum absolute atomic E-state index is 0.382. The van der Waals surface area contributed by atoms with E-state index in [2.05, 4.69) is 13.6 Å². The molecule has 1 saturated heterocycles. The van der Waals surface area contributed by atoms with Crippen molar-refractivity contribution in [3.8, 4) is 0 Å². The molecule has 1 fully saturated rings. The van der Waals surface area contributed by atoms with Gasteiger partial charge in [-0.05, 0) is 12.8 Å². The van der Waals surface area contributed by atoms with E-state index in [-0.39, 0.29) is 0 Å². The fourth-order valence-electron chi connectivity index (χ4n) is 1.43. The van der Waals surface area contributed by atoms with Gasteiger partial charge in [0.25, 0.3) is 0 Å². The standard InChI is InChI=1S/C7H12N4S/c8-6-1-3-11(4-2-6)7-5-9-12-10-7/h5-6H,1-4,8H2. The molecule has 1 aliphatic rings. The van der Waals surface area contributed by atoms with Crippen molar-refractivity contribution in [3.05, 3.63) is 6.20 Å². The molecule has 66 valence electrons. The van der Waals surface area contributed by atoms with Crippen LogP contribution in [0.25, 0.3) is 0 Å². The molecule has 0 saturated carbocycles. The van der Waals surface area contributed by atoms with Gasteiger partial charge < -0.3 is 10.6 Å². The van der Waals surface area contributed by atoms with Gasteiger partial charge >= 0.3 is 0 Å². The largest absolute Gasteiger partial charge is 0.354 e. The van der Waals surface area contributed by atoms with Gasteiger partial charge in [-0.15, -0.1) is 0 Å². The Labute approximate surface area is 75.7 Å². The average molecular weight is 184 g/mol. The van der Waals surface area contributed by atoms with Crippen molar-refractivity contribution in [1.29, 1.82) is 0 Å². The summed E-state index contributed by atoms with van der Waals surface area (Å²) in [7, 11) is 0. The summed E-state index contributed by atoms with van der Waals surface area (Å²) in [5, 5.41) is 0. The first-order chi connectivity index (χ1) is 5.86. The van der Waals surface area contributed by atoms with E-state index in [1.165, 1.54) is 11.7 Å². The Morgan fingerprint density at radius 3 is 2.83 bits per heavy atom. The number of piperidine rings is 1. The van der Waals surface area contributed by atoms with Gasteiger partial charge in [-0.3, -0.25) is 0 Å². The molecule has 0 aliphatic carbocycles. The highest BCUT2D eigenvalue weighted by molar-refractivity contribution is 6.99. The molecule has 1 aromatic rings. The maximum atomic E-state index is 5.79. The normalized spacial score (nSPS) is 19.9. The summed E-state index contributed by atoms with van der Waals surface area (Å²) in [5.41, 5.74) is 5.79. The summed E-state index contributed by atoms with van der Waals surface area (Å²) in [5.74, 6) is 1.01. The molecule has 0 bridgehead atoms. The maximum Gasteiger partial charge on any atom is 0.162 e. The number of rotatable bonds is 1. The van der Waals surface area contributed by atoms with Crippen LogP contribution in [0.3, 0.4) is 0 Å². The lowest BCUT2D eigenvalue weighted by atomic mass is 10.1. The number of hydrogen-bond donors (Lipinski definition) is 1. The van der Waals surface area contributed by atoms with E-state index < -0.39 is 0 Å². The Hall–Kier alpha value is -0.680. The molecule has 2 N–H and O–H groups in total. The van der Waals surface area contributed by atoms with Crippen molar-refractivity contribution in [1.82, 2.24) is 8.75 Å². The number of anilines is 1. The molecule has 0 spiro atoms. The zero-order chi connectivity index (χ0) is 8.39. The molecule has 0 aromatic carbocycles. The fraction of sp³-hybridized carbons (Fsp3) is 0.714. The van der Waals surface area contributed by atoms with Gasteiger partial charge in [0.1, 0.15) is 0 Å². The van der Waals surface area contributed by atoms with E-state index >= 15 is 0 Å². The van der Waals surface area contributed by atoms with Crippen LogP contribution in [0, 0.1) is 0 Å². The van der Waals surface area contributed by atoms with E-state index in [0.29, 0.717) is 6.04 Å². The van der Waals surface area contributed by atoms with Gasteiger partial charge in [-0.1, -0.05) is 0 Å². The third kappa shape index (κ3) is 1.56. The van der Waals surface area contributed by atoms with Crippen LogP contribution >= 0.6 is 11.7 Å². The van der Waals surface area contributed by atoms with Crippen LogP contribution in [-0.2, 0) is 0 Å². The molecule has 2 heterocycles. The third-order valence-electron chi connectivity index (χ3n) is 2.21. The molecule has 5 heteroatoms. The van der Waals surface area contributed by atoms with E-state index in [9.17, 15) is 0 Å². The predicted molar refractivity (Wildman–Crippen MR) is 49.3 cm³/mol. The minimum Gasteiger partial charge on any atom is -0.354 e. The molecular formula is C7H12N4S. The molecule has 1 aromatic heterocycles. The predicted octanol–water partition coefficient (Wildman–Crippen LogP) is 0.466. The number of aromatic nitrogens is 2. The summed E-state index contributed by atoms with van der Waals surface area (Å²) >= 11 is 1.26. The Kier molecular flexibility index (Phi) is 2.23. The molecule has 12 heavy (non-hydrogen) atoms. The number of nitrogens with two attached hydrogens (primary N) is 1. The Balaban J connectivity index is 1.99. The number of hydrogen-bond acceptors (Lipinski definition) is 5.